The van der Waals surface area contributed by atoms with E-state index in [0.717, 1.165) is 19.6 Å². The van der Waals surface area contributed by atoms with Gasteiger partial charge in [-0.05, 0) is 37.2 Å². The highest BCUT2D eigenvalue weighted by atomic mass is 16.5. The van der Waals surface area contributed by atoms with Gasteiger partial charge in [-0.15, -0.1) is 0 Å². The minimum Gasteiger partial charge on any atom is -0.493 e. The fourth-order valence-electron chi connectivity index (χ4n) is 3.36. The molecule has 0 aliphatic heterocycles. The molecule has 0 N–H and O–H groups in total. The first-order chi connectivity index (χ1) is 16.5. The maximum atomic E-state index is 12.5. The minimum absolute atomic E-state index is 0.294. The number of nitrogens with zero attached hydrogens (tertiary/aromatic N) is 1. The van der Waals surface area contributed by atoms with Crippen molar-refractivity contribution in [2.75, 3.05) is 68.4 Å². The number of rotatable bonds is 15. The highest BCUT2D eigenvalue weighted by Gasteiger charge is 2.18. The molecule has 0 heterocycles. The van der Waals surface area contributed by atoms with Gasteiger partial charge in [0.2, 0.25) is 5.75 Å². The topological polar surface area (TPSA) is 84.9 Å². The molecule has 0 atom stereocenters. The summed E-state index contributed by atoms with van der Waals surface area (Å²) >= 11 is 0. The van der Waals surface area contributed by atoms with E-state index in [0.29, 0.717) is 59.7 Å². The Labute approximate surface area is 201 Å². The third-order valence-electron chi connectivity index (χ3n) is 5.23. The van der Waals surface area contributed by atoms with Crippen LogP contribution in [0.2, 0.25) is 0 Å². The predicted molar refractivity (Wildman–Crippen MR) is 128 cm³/mol. The number of methoxy groups -OCH3 is 5. The van der Waals surface area contributed by atoms with E-state index in [1.54, 1.807) is 32.4 Å². The van der Waals surface area contributed by atoms with Crippen molar-refractivity contribution in [1.29, 1.82) is 0 Å². The molecule has 2 aromatic rings. The van der Waals surface area contributed by atoms with Crippen molar-refractivity contribution in [3.8, 4) is 34.5 Å². The van der Waals surface area contributed by atoms with Crippen molar-refractivity contribution in [2.45, 2.75) is 13.3 Å². The van der Waals surface area contributed by atoms with Crippen LogP contribution in [0, 0.1) is 0 Å². The Morgan fingerprint density at radius 2 is 1.41 bits per heavy atom. The van der Waals surface area contributed by atoms with Gasteiger partial charge >= 0.3 is 5.97 Å². The largest absolute Gasteiger partial charge is 0.493 e. The van der Waals surface area contributed by atoms with Gasteiger partial charge in [0.05, 0.1) is 47.7 Å². The number of hydrogen-bond donors (Lipinski definition) is 0. The Hall–Kier alpha value is -3.33. The van der Waals surface area contributed by atoms with E-state index in [1.807, 2.05) is 12.1 Å². The van der Waals surface area contributed by atoms with Crippen LogP contribution in [0.1, 0.15) is 23.7 Å². The van der Waals surface area contributed by atoms with Gasteiger partial charge in [-0.2, -0.15) is 0 Å². The van der Waals surface area contributed by atoms with Crippen LogP contribution in [0.4, 0.5) is 0 Å². The van der Waals surface area contributed by atoms with Crippen molar-refractivity contribution in [1.82, 2.24) is 4.90 Å². The first-order valence-electron chi connectivity index (χ1n) is 11.1. The smallest absolute Gasteiger partial charge is 0.338 e. The third-order valence-corrected chi connectivity index (χ3v) is 5.23. The minimum atomic E-state index is -0.445. The van der Waals surface area contributed by atoms with Crippen LogP contribution in [-0.4, -0.2) is 79.3 Å². The van der Waals surface area contributed by atoms with Crippen molar-refractivity contribution < 1.29 is 38.0 Å². The lowest BCUT2D eigenvalue weighted by Gasteiger charge is -2.20. The Bertz CT molecular complexity index is 893. The molecule has 9 nitrogen and oxygen atoms in total. The van der Waals surface area contributed by atoms with Crippen LogP contribution >= 0.6 is 0 Å². The van der Waals surface area contributed by atoms with E-state index >= 15 is 0 Å². The molecule has 188 valence electrons. The maximum Gasteiger partial charge on any atom is 0.338 e. The number of esters is 1. The second-order valence-corrected chi connectivity index (χ2v) is 7.20. The zero-order valence-corrected chi connectivity index (χ0v) is 20.8. The zero-order valence-electron chi connectivity index (χ0n) is 20.8. The van der Waals surface area contributed by atoms with Gasteiger partial charge in [-0.3, -0.25) is 0 Å². The summed E-state index contributed by atoms with van der Waals surface area (Å²) in [6, 6.07) is 8.62. The highest BCUT2D eigenvalue weighted by Crippen LogP contribution is 2.38. The van der Waals surface area contributed by atoms with Crippen LogP contribution < -0.4 is 28.4 Å². The lowest BCUT2D eigenvalue weighted by atomic mass is 10.2. The van der Waals surface area contributed by atoms with Gasteiger partial charge in [0.15, 0.2) is 23.0 Å². The molecule has 0 saturated carbocycles. The number of likely N-dealkylation sites (N-methyl/N-ethyl adjacent to an activating group) is 1. The van der Waals surface area contributed by atoms with Crippen LogP contribution in [0.5, 0.6) is 34.5 Å². The van der Waals surface area contributed by atoms with Gasteiger partial charge < -0.3 is 38.1 Å². The fourth-order valence-corrected chi connectivity index (χ4v) is 3.36. The maximum absolute atomic E-state index is 12.5. The molecule has 0 aliphatic rings. The summed E-state index contributed by atoms with van der Waals surface area (Å²) in [6.45, 7) is 5.27. The second kappa shape index (κ2) is 14.0. The normalized spacial score (nSPS) is 10.6. The standard InChI is InChI=1S/C25H35NO8/c1-7-26(12-14-33-19-9-10-20(28-2)21(17-19)29-3)11-8-13-34-25(27)18-15-22(30-4)24(32-6)23(16-18)31-5/h9-10,15-17H,7-8,11-14H2,1-6H3. The summed E-state index contributed by atoms with van der Waals surface area (Å²) in [6.07, 6.45) is 0.695. The third kappa shape index (κ3) is 7.34. The average molecular weight is 478 g/mol. The molecule has 34 heavy (non-hydrogen) atoms. The van der Waals surface area contributed by atoms with Gasteiger partial charge in [-0.25, -0.2) is 4.79 Å². The van der Waals surface area contributed by atoms with Crippen molar-refractivity contribution in [3.63, 3.8) is 0 Å². The van der Waals surface area contributed by atoms with Gasteiger partial charge in [0.25, 0.3) is 0 Å². The molecular formula is C25H35NO8. The molecule has 2 rings (SSSR count). The average Bonchev–Trinajstić information content (AvgIpc) is 2.88. The molecule has 0 aromatic heterocycles. The Kier molecular flexibility index (Phi) is 11.1. The lowest BCUT2D eigenvalue weighted by Crippen LogP contribution is -2.30. The number of hydrogen-bond acceptors (Lipinski definition) is 9. The van der Waals surface area contributed by atoms with E-state index in [1.165, 1.54) is 21.3 Å². The van der Waals surface area contributed by atoms with E-state index in [9.17, 15) is 4.79 Å². The Morgan fingerprint density at radius 3 is 1.97 bits per heavy atom. The summed E-state index contributed by atoms with van der Waals surface area (Å²) in [5, 5.41) is 0. The SMILES string of the molecule is CCN(CCCOC(=O)c1cc(OC)c(OC)c(OC)c1)CCOc1ccc(OC)c(OC)c1. The Balaban J connectivity index is 1.79. The summed E-state index contributed by atoms with van der Waals surface area (Å²) in [4.78, 5) is 14.7. The van der Waals surface area contributed by atoms with E-state index < -0.39 is 5.97 Å². The van der Waals surface area contributed by atoms with Crippen LogP contribution in [0.3, 0.4) is 0 Å². The van der Waals surface area contributed by atoms with Gasteiger partial charge in [0, 0.05) is 19.2 Å². The van der Waals surface area contributed by atoms with Crippen LogP contribution in [0.25, 0.3) is 0 Å². The molecule has 0 amide bonds. The van der Waals surface area contributed by atoms with E-state index in [-0.39, 0.29) is 0 Å². The predicted octanol–water partition coefficient (Wildman–Crippen LogP) is 3.68. The molecule has 0 fully saturated rings. The second-order valence-electron chi connectivity index (χ2n) is 7.20. The molecule has 9 heteroatoms. The number of carbonyl (C=O) groups is 1. The van der Waals surface area contributed by atoms with Crippen molar-refractivity contribution in [3.05, 3.63) is 35.9 Å². The molecule has 2 aromatic carbocycles. The van der Waals surface area contributed by atoms with Crippen molar-refractivity contribution >= 4 is 5.97 Å². The van der Waals surface area contributed by atoms with Gasteiger partial charge in [0.1, 0.15) is 12.4 Å². The molecular weight excluding hydrogens is 442 g/mol. The monoisotopic (exact) mass is 477 g/mol. The molecule has 0 bridgehead atoms. The molecule has 0 radical (unpaired) electrons. The molecule has 0 unspecified atom stereocenters. The van der Waals surface area contributed by atoms with Gasteiger partial charge in [-0.1, -0.05) is 6.92 Å². The Morgan fingerprint density at radius 1 is 0.765 bits per heavy atom. The first kappa shape index (κ1) is 26.9. The molecule has 0 spiro atoms. The summed E-state index contributed by atoms with van der Waals surface area (Å²) in [7, 11) is 7.70. The highest BCUT2D eigenvalue weighted by molar-refractivity contribution is 5.91. The summed E-state index contributed by atoms with van der Waals surface area (Å²) < 4.78 is 37.7. The first-order valence-corrected chi connectivity index (χ1v) is 11.1. The number of ether oxygens (including phenoxy) is 7. The summed E-state index contributed by atoms with van der Waals surface area (Å²) in [5.41, 5.74) is 0.338. The summed E-state index contributed by atoms with van der Waals surface area (Å²) in [5.74, 6) is 2.79. The number of benzene rings is 2. The fraction of sp³-hybridized carbons (Fsp3) is 0.480. The van der Waals surface area contributed by atoms with E-state index in [4.69, 9.17) is 33.2 Å². The van der Waals surface area contributed by atoms with Crippen LogP contribution in [0.15, 0.2) is 30.3 Å². The van der Waals surface area contributed by atoms with Crippen LogP contribution in [-0.2, 0) is 4.74 Å². The van der Waals surface area contributed by atoms with Crippen molar-refractivity contribution in [2.24, 2.45) is 0 Å². The lowest BCUT2D eigenvalue weighted by molar-refractivity contribution is 0.0486. The number of carbonyl (C=O) groups excluding carboxylic acids is 1. The molecule has 0 saturated heterocycles. The molecule has 0 aliphatic carbocycles. The quantitative estimate of drug-likeness (QED) is 0.282. The van der Waals surface area contributed by atoms with E-state index in [2.05, 4.69) is 11.8 Å². The zero-order chi connectivity index (χ0) is 24.9.